The van der Waals surface area contributed by atoms with Gasteiger partial charge in [-0.15, -0.1) is 0 Å². The van der Waals surface area contributed by atoms with E-state index in [9.17, 15) is 14.4 Å². The predicted octanol–water partition coefficient (Wildman–Crippen LogP) is 4.62. The Hall–Kier alpha value is -0.470. The molecule has 0 aromatic heterocycles. The Bertz CT molecular complexity index is 982. The first-order valence-electron chi connectivity index (χ1n) is 8.53. The minimum atomic E-state index is -1.06. The van der Waals surface area contributed by atoms with Crippen LogP contribution in [0.15, 0.2) is 24.3 Å². The Kier molecular flexibility index (Phi) is 10.5. The lowest BCUT2D eigenvalue weighted by atomic mass is 10.1. The second-order valence-corrected chi connectivity index (χ2v) is 10.9. The highest BCUT2D eigenvalue weighted by Gasteiger charge is 2.18. The van der Waals surface area contributed by atoms with Crippen molar-refractivity contribution in [1.82, 2.24) is 0 Å². The SMILES string of the molecule is N[C@@H](Cc1cc(I)c(Oc2cc(I)c(OC(=O)CCC(=O)O)c(I)c2)c(I)c1)C(=O)O. The number of benzene rings is 2. The normalized spacial score (nSPS) is 11.6. The largest absolute Gasteiger partial charge is 0.481 e. The van der Waals surface area contributed by atoms with E-state index in [0.29, 0.717) is 24.4 Å². The van der Waals surface area contributed by atoms with Gasteiger partial charge in [0.1, 0.15) is 11.8 Å². The van der Waals surface area contributed by atoms with Crippen LogP contribution in [0, 0.1) is 14.3 Å². The molecule has 0 bridgehead atoms. The standard InChI is InChI=1S/C19H15I4NO7/c20-10-3-8(5-14(24)19(28)29)4-11(21)17(10)30-9-6-12(22)18(13(23)7-9)31-16(27)2-1-15(25)26/h3-4,6-7,14H,1-2,5,24H2,(H,25,26)(H,28,29)/t14-/m0/s1. The second kappa shape index (κ2) is 12.1. The molecule has 0 aliphatic carbocycles. The van der Waals surface area contributed by atoms with E-state index in [-0.39, 0.29) is 19.3 Å². The number of hydrogen-bond acceptors (Lipinski definition) is 6. The average Bonchev–Trinajstić information content (AvgIpc) is 2.65. The van der Waals surface area contributed by atoms with E-state index in [1.54, 1.807) is 12.1 Å². The van der Waals surface area contributed by atoms with E-state index in [2.05, 4.69) is 45.2 Å². The van der Waals surface area contributed by atoms with Crippen molar-refractivity contribution in [2.75, 3.05) is 0 Å². The summed E-state index contributed by atoms with van der Waals surface area (Å²) in [6, 6.07) is 6.10. The van der Waals surface area contributed by atoms with Crippen molar-refractivity contribution in [3.8, 4) is 17.2 Å². The molecule has 0 saturated carbocycles. The third-order valence-electron chi connectivity index (χ3n) is 3.78. The number of carboxylic acids is 2. The van der Waals surface area contributed by atoms with Gasteiger partial charge in [0, 0.05) is 0 Å². The van der Waals surface area contributed by atoms with Crippen LogP contribution in [0.2, 0.25) is 0 Å². The number of carbonyl (C=O) groups is 3. The zero-order valence-corrected chi connectivity index (χ0v) is 24.2. The molecular weight excluding hydrogens is 862 g/mol. The molecule has 8 nitrogen and oxygen atoms in total. The zero-order chi connectivity index (χ0) is 23.3. The number of halogens is 4. The Labute approximate surface area is 232 Å². The highest BCUT2D eigenvalue weighted by molar-refractivity contribution is 14.1. The minimum absolute atomic E-state index is 0.208. The lowest BCUT2D eigenvalue weighted by Gasteiger charge is -2.15. The van der Waals surface area contributed by atoms with Gasteiger partial charge in [-0.1, -0.05) is 0 Å². The molecule has 0 unspecified atom stereocenters. The van der Waals surface area contributed by atoms with Crippen LogP contribution < -0.4 is 15.2 Å². The van der Waals surface area contributed by atoms with Crippen molar-refractivity contribution in [2.24, 2.45) is 5.73 Å². The summed E-state index contributed by atoms with van der Waals surface area (Å²) < 4.78 is 14.2. The zero-order valence-electron chi connectivity index (χ0n) is 15.5. The molecule has 0 saturated heterocycles. The maximum Gasteiger partial charge on any atom is 0.320 e. The van der Waals surface area contributed by atoms with E-state index in [4.69, 9.17) is 25.4 Å². The molecule has 12 heteroatoms. The molecule has 0 aliphatic heterocycles. The average molecular weight is 877 g/mol. The molecule has 0 aliphatic rings. The van der Waals surface area contributed by atoms with E-state index in [0.717, 1.165) is 12.7 Å². The van der Waals surface area contributed by atoms with Gasteiger partial charge in [0.25, 0.3) is 0 Å². The molecule has 0 amide bonds. The van der Waals surface area contributed by atoms with Crippen LogP contribution >= 0.6 is 90.4 Å². The van der Waals surface area contributed by atoms with Gasteiger partial charge in [-0.05, 0) is 127 Å². The summed E-state index contributed by atoms with van der Waals surface area (Å²) in [7, 11) is 0. The van der Waals surface area contributed by atoms with Crippen molar-refractivity contribution < 1.29 is 34.1 Å². The first-order chi connectivity index (χ1) is 14.5. The van der Waals surface area contributed by atoms with Gasteiger partial charge in [-0.3, -0.25) is 14.4 Å². The summed E-state index contributed by atoms with van der Waals surface area (Å²) in [5.41, 5.74) is 6.42. The third-order valence-corrected chi connectivity index (χ3v) is 6.99. The molecule has 2 rings (SSSR count). The van der Waals surface area contributed by atoms with Crippen molar-refractivity contribution in [2.45, 2.75) is 25.3 Å². The Morgan fingerprint density at radius 2 is 1.39 bits per heavy atom. The molecule has 166 valence electrons. The summed E-state index contributed by atoms with van der Waals surface area (Å²) in [4.78, 5) is 33.5. The van der Waals surface area contributed by atoms with Gasteiger partial charge < -0.3 is 25.4 Å². The molecule has 31 heavy (non-hydrogen) atoms. The summed E-state index contributed by atoms with van der Waals surface area (Å²) in [5, 5.41) is 17.7. The molecule has 0 heterocycles. The first-order valence-corrected chi connectivity index (χ1v) is 12.8. The van der Waals surface area contributed by atoms with Crippen molar-refractivity contribution in [3.05, 3.63) is 44.1 Å². The Morgan fingerprint density at radius 3 is 1.87 bits per heavy atom. The number of ether oxygens (including phenoxy) is 2. The Balaban J connectivity index is 2.20. The summed E-state index contributed by atoms with van der Waals surface area (Å²) in [6.07, 6.45) is -0.301. The number of carbonyl (C=O) groups excluding carboxylic acids is 1. The first kappa shape index (κ1) is 26.8. The van der Waals surface area contributed by atoms with Gasteiger partial charge in [-0.25, -0.2) is 0 Å². The monoisotopic (exact) mass is 877 g/mol. The van der Waals surface area contributed by atoms with Crippen LogP contribution in [-0.2, 0) is 20.8 Å². The molecule has 1 atom stereocenters. The highest BCUT2D eigenvalue weighted by atomic mass is 127. The maximum absolute atomic E-state index is 11.9. The van der Waals surface area contributed by atoms with Gasteiger partial charge in [0.05, 0.1) is 27.1 Å². The number of nitrogens with two attached hydrogens (primary N) is 1. The highest BCUT2D eigenvalue weighted by Crippen LogP contribution is 2.37. The molecule has 4 N–H and O–H groups in total. The van der Waals surface area contributed by atoms with Crippen LogP contribution in [0.3, 0.4) is 0 Å². The fourth-order valence-electron chi connectivity index (χ4n) is 2.35. The summed E-state index contributed by atoms with van der Waals surface area (Å²) in [5.74, 6) is -1.24. The maximum atomic E-state index is 11.9. The lowest BCUT2D eigenvalue weighted by Crippen LogP contribution is -2.32. The van der Waals surface area contributed by atoms with Gasteiger partial charge >= 0.3 is 17.9 Å². The van der Waals surface area contributed by atoms with Crippen LogP contribution in [-0.4, -0.2) is 34.2 Å². The van der Waals surface area contributed by atoms with E-state index in [1.165, 1.54) is 0 Å². The van der Waals surface area contributed by atoms with Crippen LogP contribution in [0.5, 0.6) is 17.2 Å². The second-order valence-electron chi connectivity index (χ2n) is 6.22. The van der Waals surface area contributed by atoms with E-state index in [1.807, 2.05) is 57.3 Å². The third kappa shape index (κ3) is 8.11. The quantitative estimate of drug-likeness (QED) is 0.189. The number of carboxylic acid groups (broad SMARTS) is 2. The van der Waals surface area contributed by atoms with Gasteiger partial charge in [0.2, 0.25) is 0 Å². The van der Waals surface area contributed by atoms with Crippen LogP contribution in [0.4, 0.5) is 0 Å². The Morgan fingerprint density at radius 1 is 0.871 bits per heavy atom. The van der Waals surface area contributed by atoms with Gasteiger partial charge in [0.15, 0.2) is 11.5 Å². The van der Waals surface area contributed by atoms with Crippen molar-refractivity contribution >= 4 is 108 Å². The van der Waals surface area contributed by atoms with Crippen molar-refractivity contribution in [1.29, 1.82) is 0 Å². The smallest absolute Gasteiger partial charge is 0.320 e. The number of hydrogen-bond donors (Lipinski definition) is 3. The van der Waals surface area contributed by atoms with Crippen LogP contribution in [0.25, 0.3) is 0 Å². The molecule has 0 fully saturated rings. The fraction of sp³-hybridized carbons (Fsp3) is 0.211. The van der Waals surface area contributed by atoms with E-state index < -0.39 is 23.9 Å². The topological polar surface area (TPSA) is 136 Å². The molecular formula is C19H15I4NO7. The predicted molar refractivity (Wildman–Crippen MR) is 146 cm³/mol. The fourth-order valence-corrected chi connectivity index (χ4v) is 6.40. The van der Waals surface area contributed by atoms with Crippen LogP contribution in [0.1, 0.15) is 18.4 Å². The molecule has 2 aromatic rings. The number of aliphatic carboxylic acids is 2. The number of esters is 1. The number of rotatable bonds is 9. The minimum Gasteiger partial charge on any atom is -0.481 e. The van der Waals surface area contributed by atoms with E-state index >= 15 is 0 Å². The molecule has 0 radical (unpaired) electrons. The molecule has 2 aromatic carbocycles. The molecule has 0 spiro atoms. The summed E-state index contributed by atoms with van der Waals surface area (Å²) in [6.45, 7) is 0. The summed E-state index contributed by atoms with van der Waals surface area (Å²) >= 11 is 8.28. The van der Waals surface area contributed by atoms with Crippen molar-refractivity contribution in [3.63, 3.8) is 0 Å². The van der Waals surface area contributed by atoms with Gasteiger partial charge in [-0.2, -0.15) is 0 Å². The lowest BCUT2D eigenvalue weighted by molar-refractivity contribution is -0.142.